The summed E-state index contributed by atoms with van der Waals surface area (Å²) in [6.07, 6.45) is 0. The molecule has 2 rings (SSSR count). The third kappa shape index (κ3) is 2.03. The molecule has 2 fully saturated rings. The van der Waals surface area contributed by atoms with E-state index in [1.54, 1.807) is 10.6 Å². The van der Waals surface area contributed by atoms with Gasteiger partial charge in [0.2, 0.25) is 6.04 Å². The number of rotatable bonds is 3. The first-order valence-corrected chi connectivity index (χ1v) is 8.28. The highest BCUT2D eigenvalue weighted by Crippen LogP contribution is 2.49. The van der Waals surface area contributed by atoms with Gasteiger partial charge < -0.3 is 20.0 Å². The van der Waals surface area contributed by atoms with Crippen LogP contribution in [-0.4, -0.2) is 38.8 Å². The van der Waals surface area contributed by atoms with Crippen LogP contribution in [0.25, 0.3) is 0 Å². The standard InChI is InChI=1S/C5H3N4O9P3/c10-2-1-5(19(13)14,7-3(11)6-1)9(21(17)18)4(12)8(2)20(15)16/h1H,(H2,6,7,11). The summed E-state index contributed by atoms with van der Waals surface area (Å²) in [5.41, 5.74) is 0. The van der Waals surface area contributed by atoms with Gasteiger partial charge in [0, 0.05) is 0 Å². The average Bonchev–Trinajstić information content (AvgIpc) is 2.66. The van der Waals surface area contributed by atoms with Crippen LogP contribution in [0, 0.1) is 0 Å². The molecule has 13 nitrogen and oxygen atoms in total. The first kappa shape index (κ1) is 15.8. The Hall–Kier alpha value is -1.61. The van der Waals surface area contributed by atoms with E-state index in [9.17, 15) is 42.8 Å². The van der Waals surface area contributed by atoms with E-state index in [1.807, 2.05) is 0 Å². The quantitative estimate of drug-likeness (QED) is 0.486. The molecule has 0 aromatic heterocycles. The number of imide groups is 1. The molecule has 0 aromatic carbocycles. The summed E-state index contributed by atoms with van der Waals surface area (Å²) in [6.45, 7) is 0. The lowest BCUT2D eigenvalue weighted by atomic mass is 10.2. The number of hydrogen-bond donors (Lipinski definition) is 2. The second-order valence-electron chi connectivity index (χ2n) is 3.73. The first-order valence-electron chi connectivity index (χ1n) is 4.84. The van der Waals surface area contributed by atoms with Gasteiger partial charge in [-0.3, -0.25) is 10.1 Å². The van der Waals surface area contributed by atoms with Crippen LogP contribution in [0.1, 0.15) is 0 Å². The summed E-state index contributed by atoms with van der Waals surface area (Å²) in [4.78, 5) is 68.4. The van der Waals surface area contributed by atoms with Crippen LogP contribution >= 0.6 is 24.4 Å². The van der Waals surface area contributed by atoms with E-state index in [-0.39, 0.29) is 0 Å². The topological polar surface area (TPSA) is 202 Å². The highest BCUT2D eigenvalue weighted by atomic mass is 31.1. The summed E-state index contributed by atoms with van der Waals surface area (Å²) in [5, 5.41) is 0.496. The lowest BCUT2D eigenvalue weighted by Gasteiger charge is -2.33. The number of carbonyl (C=O) groups is 3. The molecule has 21 heavy (non-hydrogen) atoms. The summed E-state index contributed by atoms with van der Waals surface area (Å²) >= 11 is 0. The third-order valence-electron chi connectivity index (χ3n) is 2.72. The Labute approximate surface area is 117 Å². The van der Waals surface area contributed by atoms with Crippen molar-refractivity contribution in [2.75, 3.05) is 0 Å². The Bertz CT molecular complexity index is 623. The fraction of sp³-hybridized carbons (Fsp3) is 0.400. The second kappa shape index (κ2) is 4.99. The van der Waals surface area contributed by atoms with Crippen molar-refractivity contribution < 1.29 is 42.8 Å². The molecular weight excluding hydrogens is 353 g/mol. The van der Waals surface area contributed by atoms with Crippen LogP contribution in [0.15, 0.2) is 0 Å². The van der Waals surface area contributed by atoms with Crippen molar-refractivity contribution in [3.63, 3.8) is 0 Å². The van der Waals surface area contributed by atoms with Crippen LogP contribution in [0.2, 0.25) is 0 Å². The first-order chi connectivity index (χ1) is 9.64. The molecule has 2 aliphatic heterocycles. The molecule has 2 saturated heterocycles. The average molecular weight is 356 g/mol. The molecular formula is C5H3N4O9P3. The zero-order valence-corrected chi connectivity index (χ0v) is 12.2. The van der Waals surface area contributed by atoms with Gasteiger partial charge >= 0.3 is 47.8 Å². The Morgan fingerprint density at radius 3 is 2.05 bits per heavy atom. The fourth-order valence-corrected chi connectivity index (χ4v) is 4.42. The van der Waals surface area contributed by atoms with Gasteiger partial charge in [-0.05, 0) is 18.5 Å². The molecule has 0 aliphatic carbocycles. The predicted octanol–water partition coefficient (Wildman–Crippen LogP) is -3.28. The lowest BCUT2D eigenvalue weighted by Crippen LogP contribution is -2.71. The van der Waals surface area contributed by atoms with Crippen molar-refractivity contribution in [3.8, 4) is 0 Å². The number of nitrogens with one attached hydrogen (secondary N) is 2. The van der Waals surface area contributed by atoms with Gasteiger partial charge in [0.25, 0.3) is 0 Å². The molecule has 16 heteroatoms. The monoisotopic (exact) mass is 356 g/mol. The van der Waals surface area contributed by atoms with Crippen molar-refractivity contribution in [1.29, 1.82) is 0 Å². The molecule has 112 valence electrons. The van der Waals surface area contributed by atoms with Crippen LogP contribution in [0.3, 0.4) is 0 Å². The molecule has 0 radical (unpaired) electrons. The molecule has 0 saturated carbocycles. The Morgan fingerprint density at radius 2 is 1.62 bits per heavy atom. The molecule has 2 heterocycles. The van der Waals surface area contributed by atoms with Gasteiger partial charge in [-0.15, -0.1) is 0 Å². The minimum absolute atomic E-state index is 0.400. The third-order valence-corrected chi connectivity index (χ3v) is 5.51. The number of nitrogens with zero attached hydrogens (tertiary/aromatic N) is 2. The van der Waals surface area contributed by atoms with Crippen LogP contribution in [0.4, 0.5) is 9.59 Å². The van der Waals surface area contributed by atoms with Crippen LogP contribution in [0.5, 0.6) is 0 Å². The molecule has 2 N–H and O–H groups in total. The highest BCUT2D eigenvalue weighted by molar-refractivity contribution is 7.42. The van der Waals surface area contributed by atoms with Gasteiger partial charge in [-0.25, -0.2) is 9.59 Å². The Balaban J connectivity index is 2.70. The van der Waals surface area contributed by atoms with Crippen LogP contribution in [-0.2, 0) is 18.5 Å². The zero-order valence-electron chi connectivity index (χ0n) is 9.49. The van der Waals surface area contributed by atoms with E-state index in [4.69, 9.17) is 0 Å². The largest absolute Gasteiger partial charge is 0.592 e. The maximum Gasteiger partial charge on any atom is 0.452 e. The smallest absolute Gasteiger partial charge is 0.452 e. The summed E-state index contributed by atoms with van der Waals surface area (Å²) in [6, 6.07) is -5.30. The lowest BCUT2D eigenvalue weighted by molar-refractivity contribution is -0.191. The van der Waals surface area contributed by atoms with E-state index in [1.165, 1.54) is 0 Å². The Morgan fingerprint density at radius 1 is 1.05 bits per heavy atom. The number of fused-ring (bicyclic) bond motifs is 1. The SMILES string of the molecule is O=C1NC2C(=O)N([P+](=O)[O-])C(=O)N([P+](=O)[O-])C2([P+](=O)[O-])N1. The molecule has 5 atom stereocenters. The van der Waals surface area contributed by atoms with E-state index in [0.717, 1.165) is 0 Å². The molecule has 5 unspecified atom stereocenters. The van der Waals surface area contributed by atoms with E-state index >= 15 is 0 Å². The molecule has 0 spiro atoms. The minimum Gasteiger partial charge on any atom is -0.592 e. The predicted molar refractivity (Wildman–Crippen MR) is 55.1 cm³/mol. The van der Waals surface area contributed by atoms with Gasteiger partial charge in [0.1, 0.15) is 0 Å². The van der Waals surface area contributed by atoms with Crippen molar-refractivity contribution in [2.45, 2.75) is 11.4 Å². The van der Waals surface area contributed by atoms with E-state index < -0.39 is 63.1 Å². The van der Waals surface area contributed by atoms with Gasteiger partial charge in [-0.1, -0.05) is 4.57 Å². The second-order valence-corrected chi connectivity index (χ2v) is 6.68. The van der Waals surface area contributed by atoms with Crippen LogP contribution < -0.4 is 25.3 Å². The number of hydrogen-bond acceptors (Lipinski definition) is 9. The maximum absolute atomic E-state index is 11.9. The van der Waals surface area contributed by atoms with E-state index in [2.05, 4.69) is 0 Å². The number of urea groups is 2. The minimum atomic E-state index is -3.98. The number of amides is 5. The van der Waals surface area contributed by atoms with Gasteiger partial charge in [0.15, 0.2) is 0 Å². The highest BCUT2D eigenvalue weighted by Gasteiger charge is 2.77. The van der Waals surface area contributed by atoms with Crippen molar-refractivity contribution in [3.05, 3.63) is 0 Å². The molecule has 2 aliphatic rings. The van der Waals surface area contributed by atoms with Crippen molar-refractivity contribution in [1.82, 2.24) is 20.0 Å². The Kier molecular flexibility index (Phi) is 3.75. The van der Waals surface area contributed by atoms with Gasteiger partial charge in [0.05, 0.1) is 0 Å². The normalized spacial score (nSPS) is 30.5. The molecule has 0 bridgehead atoms. The summed E-state index contributed by atoms with van der Waals surface area (Å²) in [7, 11) is -11.7. The van der Waals surface area contributed by atoms with Crippen molar-refractivity contribution >= 4 is 42.4 Å². The maximum atomic E-state index is 11.9. The zero-order chi connectivity index (χ0) is 16.1. The van der Waals surface area contributed by atoms with Crippen molar-refractivity contribution in [2.24, 2.45) is 0 Å². The van der Waals surface area contributed by atoms with Gasteiger partial charge in [-0.2, -0.15) is 0 Å². The summed E-state index contributed by atoms with van der Waals surface area (Å²) in [5.74, 6) is -1.60. The fourth-order valence-electron chi connectivity index (χ4n) is 1.94. The van der Waals surface area contributed by atoms with E-state index in [0.29, 0.717) is 0 Å². The number of carbonyl (C=O) groups excluding carboxylic acids is 3. The summed E-state index contributed by atoms with van der Waals surface area (Å²) < 4.78 is 32.6. The molecule has 0 aromatic rings. The molecule has 5 amide bonds.